The van der Waals surface area contributed by atoms with Crippen molar-refractivity contribution in [1.29, 1.82) is 0 Å². The van der Waals surface area contributed by atoms with Gasteiger partial charge in [0.1, 0.15) is 0 Å². The van der Waals surface area contributed by atoms with Crippen LogP contribution in [0.4, 0.5) is 17.3 Å². The number of hydrogen-bond donors (Lipinski definition) is 4. The van der Waals surface area contributed by atoms with Gasteiger partial charge in [-0.25, -0.2) is 4.99 Å². The molecule has 1 aliphatic heterocycles. The van der Waals surface area contributed by atoms with E-state index in [1.165, 1.54) is 0 Å². The number of likely N-dealkylation sites (tertiary alicyclic amines) is 1. The van der Waals surface area contributed by atoms with Crippen molar-refractivity contribution in [3.8, 4) is 0 Å². The molecule has 0 aliphatic carbocycles. The van der Waals surface area contributed by atoms with Crippen LogP contribution in [0, 0.1) is 6.92 Å². The minimum absolute atomic E-state index is 0.360. The summed E-state index contributed by atoms with van der Waals surface area (Å²) in [7, 11) is 0. The van der Waals surface area contributed by atoms with E-state index in [-0.39, 0.29) is 0 Å². The first-order chi connectivity index (χ1) is 13.4. The normalized spacial score (nSPS) is 16.2. The van der Waals surface area contributed by atoms with Crippen molar-refractivity contribution >= 4 is 46.5 Å². The summed E-state index contributed by atoms with van der Waals surface area (Å²) in [6, 6.07) is 9.70. The van der Waals surface area contributed by atoms with Gasteiger partial charge in [0.05, 0.1) is 15.7 Å². The summed E-state index contributed by atoms with van der Waals surface area (Å²) in [6.07, 6.45) is 2.25. The number of rotatable bonds is 5. The molecule has 0 unspecified atom stereocenters. The fourth-order valence-electron chi connectivity index (χ4n) is 3.31. The molecule has 1 aromatic heterocycles. The first-order valence-electron chi connectivity index (χ1n) is 9.52. The van der Waals surface area contributed by atoms with Gasteiger partial charge < -0.3 is 16.0 Å². The van der Waals surface area contributed by atoms with Crippen LogP contribution < -0.4 is 21.4 Å². The van der Waals surface area contributed by atoms with Crippen LogP contribution in [-0.2, 0) is 0 Å². The number of nitrogens with two attached hydrogens (primary N) is 1. The Morgan fingerprint density at radius 1 is 1.21 bits per heavy atom. The SMILES string of the molecule is CCN1CCC(Nc2cc(C)cc(/[NH+]=C(\N)Nc3ccc(Cl)c(Cl)c3)n2)CC1. The molecule has 6 nitrogen and oxygen atoms in total. The summed E-state index contributed by atoms with van der Waals surface area (Å²) in [5, 5.41) is 7.59. The lowest BCUT2D eigenvalue weighted by molar-refractivity contribution is -0.359. The lowest BCUT2D eigenvalue weighted by Crippen LogP contribution is -2.72. The second-order valence-corrected chi connectivity index (χ2v) is 7.87. The third kappa shape index (κ3) is 5.74. The largest absolute Gasteiger partial charge is 0.357 e. The number of nitrogens with zero attached hydrogens (tertiary/aromatic N) is 2. The predicted octanol–water partition coefficient (Wildman–Crippen LogP) is 2.73. The standard InChI is InChI=1S/C20H26Cl2N6/c1-3-28-8-6-14(7-9-28)24-18-10-13(2)11-19(26-18)27-20(23)25-15-4-5-16(21)17(22)12-15/h4-5,10-12,14H,3,6-9H2,1-2H3,(H4,23,24,25,26,27)/p+1. The molecule has 1 aromatic carbocycles. The minimum Gasteiger partial charge on any atom is -0.357 e. The van der Waals surface area contributed by atoms with Crippen LogP contribution in [0.25, 0.3) is 0 Å². The summed E-state index contributed by atoms with van der Waals surface area (Å²) < 4.78 is 0. The molecule has 28 heavy (non-hydrogen) atoms. The first-order valence-corrected chi connectivity index (χ1v) is 10.3. The van der Waals surface area contributed by atoms with E-state index in [0.717, 1.165) is 49.5 Å². The van der Waals surface area contributed by atoms with Gasteiger partial charge in [0, 0.05) is 25.2 Å². The van der Waals surface area contributed by atoms with Crippen LogP contribution in [0.15, 0.2) is 30.3 Å². The van der Waals surface area contributed by atoms with Crippen LogP contribution in [0.1, 0.15) is 25.3 Å². The third-order valence-corrected chi connectivity index (χ3v) is 5.56. The highest BCUT2D eigenvalue weighted by Crippen LogP contribution is 2.24. The number of nitrogens with one attached hydrogen (secondary N) is 3. The Bertz CT molecular complexity index is 847. The fraction of sp³-hybridized carbons (Fsp3) is 0.400. The summed E-state index contributed by atoms with van der Waals surface area (Å²) in [6.45, 7) is 7.62. The number of guanidine groups is 1. The van der Waals surface area contributed by atoms with E-state index in [0.29, 0.717) is 27.9 Å². The van der Waals surface area contributed by atoms with Gasteiger partial charge in [-0.1, -0.05) is 30.1 Å². The molecule has 5 N–H and O–H groups in total. The molecule has 2 aromatic rings. The van der Waals surface area contributed by atoms with Gasteiger partial charge in [-0.15, -0.1) is 4.98 Å². The number of hydrogen-bond acceptors (Lipinski definition) is 3. The molecule has 2 heterocycles. The fourth-order valence-corrected chi connectivity index (χ4v) is 3.60. The third-order valence-electron chi connectivity index (χ3n) is 4.82. The zero-order valence-corrected chi connectivity index (χ0v) is 17.7. The zero-order chi connectivity index (χ0) is 20.1. The van der Waals surface area contributed by atoms with Gasteiger partial charge in [-0.3, -0.25) is 5.32 Å². The van der Waals surface area contributed by atoms with Gasteiger partial charge in [0.2, 0.25) is 5.82 Å². The Balaban J connectivity index is 1.68. The predicted molar refractivity (Wildman–Crippen MR) is 118 cm³/mol. The highest BCUT2D eigenvalue weighted by molar-refractivity contribution is 6.42. The summed E-state index contributed by atoms with van der Waals surface area (Å²) in [5.41, 5.74) is 7.94. The monoisotopic (exact) mass is 421 g/mol. The molecular weight excluding hydrogens is 395 g/mol. The molecular formula is C20H27Cl2N6+. The van der Waals surface area contributed by atoms with Crippen LogP contribution in [0.2, 0.25) is 10.0 Å². The highest BCUT2D eigenvalue weighted by atomic mass is 35.5. The topological polar surface area (TPSA) is 80.2 Å². The lowest BCUT2D eigenvalue weighted by Gasteiger charge is -2.31. The number of benzene rings is 1. The van der Waals surface area contributed by atoms with Crippen LogP contribution in [0.5, 0.6) is 0 Å². The molecule has 3 rings (SSSR count). The van der Waals surface area contributed by atoms with Gasteiger partial charge in [0.15, 0.2) is 5.82 Å². The average Bonchev–Trinajstić information content (AvgIpc) is 2.65. The molecule has 1 saturated heterocycles. The van der Waals surface area contributed by atoms with Crippen molar-refractivity contribution in [1.82, 2.24) is 9.88 Å². The first kappa shape index (κ1) is 20.7. The van der Waals surface area contributed by atoms with Crippen molar-refractivity contribution in [2.24, 2.45) is 5.73 Å². The van der Waals surface area contributed by atoms with Crippen LogP contribution in [0.3, 0.4) is 0 Å². The number of aryl methyl sites for hydroxylation is 1. The lowest BCUT2D eigenvalue weighted by atomic mass is 10.1. The van der Waals surface area contributed by atoms with E-state index < -0.39 is 0 Å². The number of pyridine rings is 1. The molecule has 0 bridgehead atoms. The number of halogens is 2. The Morgan fingerprint density at radius 2 is 1.96 bits per heavy atom. The highest BCUT2D eigenvalue weighted by Gasteiger charge is 2.19. The van der Waals surface area contributed by atoms with E-state index in [1.54, 1.807) is 12.1 Å². The van der Waals surface area contributed by atoms with Crippen molar-refractivity contribution in [3.05, 3.63) is 45.9 Å². The number of anilines is 2. The molecule has 0 saturated carbocycles. The Labute approximate surface area is 176 Å². The molecule has 0 spiro atoms. The Hall–Kier alpha value is -2.02. The molecule has 8 heteroatoms. The molecule has 0 amide bonds. The summed E-state index contributed by atoms with van der Waals surface area (Å²) >= 11 is 12.0. The van der Waals surface area contributed by atoms with E-state index >= 15 is 0 Å². The molecule has 1 aliphatic rings. The molecule has 0 atom stereocenters. The molecule has 1 fully saturated rings. The van der Waals surface area contributed by atoms with Gasteiger partial charge in [0.25, 0.3) is 0 Å². The van der Waals surface area contributed by atoms with E-state index in [1.807, 2.05) is 19.1 Å². The van der Waals surface area contributed by atoms with Crippen molar-refractivity contribution < 1.29 is 4.99 Å². The second-order valence-electron chi connectivity index (χ2n) is 7.06. The van der Waals surface area contributed by atoms with E-state index in [2.05, 4.69) is 38.5 Å². The zero-order valence-electron chi connectivity index (χ0n) is 16.2. The second kappa shape index (κ2) is 9.45. The average molecular weight is 422 g/mol. The quantitative estimate of drug-likeness (QED) is 0.440. The minimum atomic E-state index is 0.360. The summed E-state index contributed by atoms with van der Waals surface area (Å²) in [5.74, 6) is 1.90. The smallest absolute Gasteiger partial charge is 0.309 e. The van der Waals surface area contributed by atoms with Crippen LogP contribution in [-0.4, -0.2) is 41.5 Å². The maximum absolute atomic E-state index is 6.09. The number of piperidine rings is 1. The van der Waals surface area contributed by atoms with Gasteiger partial charge >= 0.3 is 5.96 Å². The molecule has 0 radical (unpaired) electrons. The van der Waals surface area contributed by atoms with Crippen molar-refractivity contribution in [2.45, 2.75) is 32.7 Å². The van der Waals surface area contributed by atoms with Crippen LogP contribution >= 0.6 is 23.2 Å². The Kier molecular flexibility index (Phi) is 6.99. The van der Waals surface area contributed by atoms with Crippen molar-refractivity contribution in [3.63, 3.8) is 0 Å². The van der Waals surface area contributed by atoms with Gasteiger partial charge in [-0.05, 0) is 56.1 Å². The molecule has 150 valence electrons. The van der Waals surface area contributed by atoms with E-state index in [4.69, 9.17) is 28.9 Å². The van der Waals surface area contributed by atoms with Gasteiger partial charge in [-0.2, -0.15) is 0 Å². The summed E-state index contributed by atoms with van der Waals surface area (Å²) in [4.78, 5) is 10.2. The van der Waals surface area contributed by atoms with E-state index in [9.17, 15) is 0 Å². The van der Waals surface area contributed by atoms with Crippen molar-refractivity contribution in [2.75, 3.05) is 30.3 Å². The maximum Gasteiger partial charge on any atom is 0.309 e. The maximum atomic E-state index is 6.09. The Morgan fingerprint density at radius 3 is 2.64 bits per heavy atom. The number of aromatic nitrogens is 1.